The lowest BCUT2D eigenvalue weighted by molar-refractivity contribution is -0.171. The zero-order valence-electron chi connectivity index (χ0n) is 50.0. The highest BCUT2D eigenvalue weighted by Gasteiger charge is 2.37. The van der Waals surface area contributed by atoms with Gasteiger partial charge in [-0.2, -0.15) is 0 Å². The lowest BCUT2D eigenvalue weighted by Gasteiger charge is -2.33. The Morgan fingerprint density at radius 3 is 1.09 bits per heavy atom. The molecule has 3 unspecified atom stereocenters. The van der Waals surface area contributed by atoms with E-state index in [2.05, 4.69) is 10.6 Å². The van der Waals surface area contributed by atoms with E-state index < -0.39 is 87.5 Å². The van der Waals surface area contributed by atoms with Crippen molar-refractivity contribution in [2.45, 2.75) is 266 Å². The van der Waals surface area contributed by atoms with Crippen molar-refractivity contribution in [3.8, 4) is 0 Å². The van der Waals surface area contributed by atoms with E-state index in [9.17, 15) is 43.2 Å². The molecule has 76 heavy (non-hydrogen) atoms. The smallest absolute Gasteiger partial charge is 0.323 e. The summed E-state index contributed by atoms with van der Waals surface area (Å²) in [5.41, 5.74) is 0.586. The van der Waals surface area contributed by atoms with Crippen LogP contribution in [0, 0.1) is 0 Å². The first-order valence-electron chi connectivity index (χ1n) is 27.2. The zero-order valence-corrected chi connectivity index (χ0v) is 50.0. The Bertz CT molecular complexity index is 1800. The Labute approximate surface area is 455 Å². The molecule has 0 rings (SSSR count). The van der Waals surface area contributed by atoms with Crippen LogP contribution in [0.2, 0.25) is 0 Å². The quantitative estimate of drug-likeness (QED) is 0.0340. The second-order valence-corrected chi connectivity index (χ2v) is 25.4. The number of carbonyl (C=O) groups is 9. The monoisotopic (exact) mass is 1080 g/mol. The number of ether oxygens (including phenoxy) is 6. The van der Waals surface area contributed by atoms with Gasteiger partial charge in [0.2, 0.25) is 11.8 Å². The summed E-state index contributed by atoms with van der Waals surface area (Å²) in [6.07, 6.45) is 4.67. The summed E-state index contributed by atoms with van der Waals surface area (Å²) in [6.45, 7) is 30.0. The van der Waals surface area contributed by atoms with Gasteiger partial charge in [-0.1, -0.05) is 19.3 Å². The van der Waals surface area contributed by atoms with Gasteiger partial charge in [-0.05, 0) is 183 Å². The molecule has 4 N–H and O–H groups in total. The number of carbonyl (C=O) groups excluding carboxylic acids is 9. The van der Waals surface area contributed by atoms with Crippen molar-refractivity contribution in [3.63, 3.8) is 0 Å². The first-order valence-corrected chi connectivity index (χ1v) is 27.2. The number of rotatable bonds is 33. The van der Waals surface area contributed by atoms with Gasteiger partial charge in [0.15, 0.2) is 5.78 Å². The Balaban J connectivity index is 6.10. The van der Waals surface area contributed by atoms with Gasteiger partial charge in [-0.25, -0.2) is 0 Å². The summed E-state index contributed by atoms with van der Waals surface area (Å²) in [5.74, 6) is -4.77. The van der Waals surface area contributed by atoms with Crippen molar-refractivity contribution in [2.24, 2.45) is 5.73 Å². The molecule has 0 aromatic rings. The molecule has 0 fully saturated rings. The summed E-state index contributed by atoms with van der Waals surface area (Å²) < 4.78 is 33.7. The van der Waals surface area contributed by atoms with Crippen molar-refractivity contribution in [1.29, 1.82) is 0 Å². The molecule has 440 valence electrons. The van der Waals surface area contributed by atoms with Crippen LogP contribution in [0.5, 0.6) is 0 Å². The fraction of sp³-hybridized carbons (Fsp3) is 0.839. The minimum Gasteiger partial charge on any atom is -0.459 e. The molecule has 0 aliphatic heterocycles. The van der Waals surface area contributed by atoms with E-state index in [1.54, 1.807) is 125 Å². The van der Waals surface area contributed by atoms with E-state index in [-0.39, 0.29) is 88.8 Å². The molecule has 0 saturated carbocycles. The molecule has 0 heterocycles. The molecule has 0 saturated heterocycles. The fourth-order valence-corrected chi connectivity index (χ4v) is 7.58. The predicted octanol–water partition coefficient (Wildman–Crippen LogP) is 6.97. The molecule has 20 nitrogen and oxygen atoms in total. The van der Waals surface area contributed by atoms with Crippen LogP contribution in [-0.4, -0.2) is 154 Å². The van der Waals surface area contributed by atoms with Gasteiger partial charge in [0.05, 0.1) is 32.2 Å². The minimum atomic E-state index is -1.03. The minimum absolute atomic E-state index is 0.0369. The van der Waals surface area contributed by atoms with Crippen LogP contribution in [0.1, 0.15) is 215 Å². The zero-order chi connectivity index (χ0) is 58.9. The molecule has 20 heteroatoms. The van der Waals surface area contributed by atoms with E-state index in [4.69, 9.17) is 34.2 Å². The Morgan fingerprint density at radius 1 is 0.395 bits per heavy atom. The van der Waals surface area contributed by atoms with Crippen molar-refractivity contribution in [2.75, 3.05) is 39.3 Å². The summed E-state index contributed by atoms with van der Waals surface area (Å²) in [6, 6.07) is -3.01. The first kappa shape index (κ1) is 71.3. The molecule has 3 atom stereocenters. The number of nitrogens with one attached hydrogen (secondary N) is 2. The number of nitrogens with two attached hydrogens (primary N) is 1. The highest BCUT2D eigenvalue weighted by Crippen LogP contribution is 2.22. The number of amides is 2. The maximum Gasteiger partial charge on any atom is 0.323 e. The van der Waals surface area contributed by atoms with Crippen LogP contribution in [0.15, 0.2) is 0 Å². The van der Waals surface area contributed by atoms with E-state index >= 15 is 0 Å². The maximum atomic E-state index is 13.8. The van der Waals surface area contributed by atoms with Crippen molar-refractivity contribution < 1.29 is 71.6 Å². The highest BCUT2D eigenvalue weighted by molar-refractivity contribution is 5.89. The number of hydrogen-bond donors (Lipinski definition) is 3. The number of nitrogens with zero attached hydrogens (tertiary/aromatic N) is 2. The Hall–Kier alpha value is -4.69. The highest BCUT2D eigenvalue weighted by atomic mass is 16.6. The molecule has 0 spiro atoms. The van der Waals surface area contributed by atoms with E-state index in [0.29, 0.717) is 45.1 Å². The van der Waals surface area contributed by atoms with Crippen LogP contribution < -0.4 is 16.4 Å². The van der Waals surface area contributed by atoms with Gasteiger partial charge in [0.1, 0.15) is 45.7 Å². The largest absolute Gasteiger partial charge is 0.459 e. The third-order valence-corrected chi connectivity index (χ3v) is 10.4. The number of unbranched alkanes of at least 4 members (excludes halogenated alkanes) is 5. The summed E-state index contributed by atoms with van der Waals surface area (Å²) in [5, 5.41) is 5.70. The van der Waals surface area contributed by atoms with Crippen LogP contribution in [0.3, 0.4) is 0 Å². The van der Waals surface area contributed by atoms with E-state index in [0.717, 1.165) is 12.8 Å². The van der Waals surface area contributed by atoms with Crippen LogP contribution >= 0.6 is 0 Å². The van der Waals surface area contributed by atoms with E-state index in [1.807, 2.05) is 0 Å². The topological polar surface area (TPSA) is 266 Å². The summed E-state index contributed by atoms with van der Waals surface area (Å²) in [4.78, 5) is 123. The van der Waals surface area contributed by atoms with Gasteiger partial charge < -0.3 is 44.8 Å². The second-order valence-electron chi connectivity index (χ2n) is 25.4. The summed E-state index contributed by atoms with van der Waals surface area (Å²) in [7, 11) is 0. The molecule has 2 amide bonds. The number of Topliss-reactive ketones (excluding diaryl/α,β-unsaturated/α-hetero) is 1. The van der Waals surface area contributed by atoms with Crippen LogP contribution in [0.25, 0.3) is 0 Å². The fourth-order valence-electron chi connectivity index (χ4n) is 7.58. The number of hydrogen-bond acceptors (Lipinski definition) is 18. The number of ketones is 1. The molecule has 0 aromatic carbocycles. The molecule has 0 aliphatic rings. The normalized spacial score (nSPS) is 13.8. The van der Waals surface area contributed by atoms with Gasteiger partial charge in [0, 0.05) is 25.8 Å². The number of esters is 6. The summed E-state index contributed by atoms with van der Waals surface area (Å²) >= 11 is 0. The first-order chi connectivity index (χ1) is 34.6. The molecule has 0 radical (unpaired) electrons. The lowest BCUT2D eigenvalue weighted by Crippen LogP contribution is -2.50. The van der Waals surface area contributed by atoms with E-state index in [1.165, 1.54) is 9.80 Å². The average molecular weight is 1080 g/mol. The molecular formula is C56H101N5O15. The molecule has 0 bridgehead atoms. The SMILES string of the molecule is CC(C)(C)OC(=O)CN(CC(=O)OC(C)(C)C)C(CCCCCC(=O)C(CCC(=O)NCCCCC(C(=O)OC(C)(C)C)N(CC(=O)OC(C)(C)C)CC(=O)OC(C)(C)C)NC(=O)CCCCCN)C(=O)OC(C)(C)C. The Kier molecular flexibility index (Phi) is 30.9. The Morgan fingerprint density at radius 2 is 0.737 bits per heavy atom. The van der Waals surface area contributed by atoms with Crippen LogP contribution in [-0.2, 0) is 71.6 Å². The standard InChI is InChI=1S/C56H101N5O15/c1-51(2,3)71-45(65)35-60(36-46(66)72-52(4,5)6)40(49(69)75-55(13,14)15)27-21-19-22-29-42(62)39(59-44(64)30-23-20-25-33-57)31-32-43(63)58-34-26-24-28-41(50(70)76-56(16,17)18)61(37-47(67)73-53(7,8)9)38-48(68)74-54(10,11)12/h39-41H,19-38,57H2,1-18H3,(H,58,63)(H,59,64). The van der Waals surface area contributed by atoms with Crippen molar-refractivity contribution >= 4 is 53.4 Å². The third kappa shape index (κ3) is 38.0. The molecule has 0 aliphatic carbocycles. The average Bonchev–Trinajstić information content (AvgIpc) is 3.18. The van der Waals surface area contributed by atoms with Crippen molar-refractivity contribution in [3.05, 3.63) is 0 Å². The van der Waals surface area contributed by atoms with Gasteiger partial charge >= 0.3 is 35.8 Å². The lowest BCUT2D eigenvalue weighted by atomic mass is 9.99. The van der Waals surface area contributed by atoms with Crippen molar-refractivity contribution in [1.82, 2.24) is 20.4 Å². The third-order valence-electron chi connectivity index (χ3n) is 10.4. The van der Waals surface area contributed by atoms with Gasteiger partial charge in [-0.3, -0.25) is 53.0 Å². The predicted molar refractivity (Wildman–Crippen MR) is 289 cm³/mol. The van der Waals surface area contributed by atoms with Gasteiger partial charge in [0.25, 0.3) is 0 Å². The molecule has 0 aromatic heterocycles. The maximum absolute atomic E-state index is 13.8. The van der Waals surface area contributed by atoms with Crippen LogP contribution in [0.4, 0.5) is 0 Å². The van der Waals surface area contributed by atoms with Gasteiger partial charge in [-0.15, -0.1) is 0 Å². The molecular weight excluding hydrogens is 983 g/mol. The second kappa shape index (κ2) is 32.9.